The zero-order valence-corrected chi connectivity index (χ0v) is 11.7. The maximum absolute atomic E-state index is 8.91. The van der Waals surface area contributed by atoms with Gasteiger partial charge < -0.3 is 14.6 Å². The second-order valence-corrected chi connectivity index (χ2v) is 4.48. The summed E-state index contributed by atoms with van der Waals surface area (Å²) in [6, 6.07) is 11.9. The first-order valence-corrected chi connectivity index (χ1v) is 6.53. The molecule has 20 heavy (non-hydrogen) atoms. The van der Waals surface area contributed by atoms with Gasteiger partial charge in [-0.15, -0.1) is 0 Å². The largest absolute Gasteiger partial charge is 0.490 e. The van der Waals surface area contributed by atoms with E-state index in [0.29, 0.717) is 12.4 Å². The molecular formula is C17H18O3. The molecule has 0 aliphatic rings. The van der Waals surface area contributed by atoms with Gasteiger partial charge in [0, 0.05) is 12.5 Å². The van der Waals surface area contributed by atoms with Gasteiger partial charge >= 0.3 is 0 Å². The van der Waals surface area contributed by atoms with E-state index in [-0.39, 0.29) is 12.7 Å². The summed E-state index contributed by atoms with van der Waals surface area (Å²) < 4.78 is 11.0. The predicted molar refractivity (Wildman–Crippen MR) is 79.9 cm³/mol. The lowest BCUT2D eigenvalue weighted by molar-refractivity contribution is 0.0716. The molecule has 0 radical (unpaired) electrons. The second-order valence-electron chi connectivity index (χ2n) is 4.48. The molecule has 3 nitrogen and oxygen atoms in total. The van der Waals surface area contributed by atoms with E-state index in [2.05, 4.69) is 11.8 Å². The molecule has 0 fully saturated rings. The first-order valence-electron chi connectivity index (χ1n) is 6.53. The molecule has 2 aromatic rings. The summed E-state index contributed by atoms with van der Waals surface area (Å²) >= 11 is 0. The number of methoxy groups -OCH3 is 1. The topological polar surface area (TPSA) is 38.7 Å². The van der Waals surface area contributed by atoms with Crippen molar-refractivity contribution in [2.75, 3.05) is 20.3 Å². The van der Waals surface area contributed by atoms with Crippen molar-refractivity contribution in [1.82, 2.24) is 0 Å². The van der Waals surface area contributed by atoms with E-state index >= 15 is 0 Å². The number of ether oxygens (including phenoxy) is 2. The number of fused-ring (bicyclic) bond motifs is 1. The molecule has 1 unspecified atom stereocenters. The second kappa shape index (κ2) is 6.95. The maximum atomic E-state index is 8.91. The number of aliphatic hydroxyl groups is 1. The third-order valence-electron chi connectivity index (χ3n) is 3.06. The van der Waals surface area contributed by atoms with Gasteiger partial charge in [0.15, 0.2) is 0 Å². The van der Waals surface area contributed by atoms with Crippen LogP contribution in [0.5, 0.6) is 5.75 Å². The highest BCUT2D eigenvalue weighted by Gasteiger charge is 2.08. The number of aliphatic hydroxyl groups excluding tert-OH is 1. The van der Waals surface area contributed by atoms with Crippen molar-refractivity contribution in [2.24, 2.45) is 0 Å². The molecule has 0 aliphatic heterocycles. The summed E-state index contributed by atoms with van der Waals surface area (Å²) in [6.45, 7) is 2.24. The summed E-state index contributed by atoms with van der Waals surface area (Å²) in [7, 11) is 1.65. The summed E-state index contributed by atoms with van der Waals surface area (Å²) in [5, 5.41) is 11.0. The van der Waals surface area contributed by atoms with Gasteiger partial charge in [-0.1, -0.05) is 42.2 Å². The fraction of sp³-hybridized carbons (Fsp3) is 0.294. The van der Waals surface area contributed by atoms with E-state index in [4.69, 9.17) is 14.6 Å². The Morgan fingerprint density at radius 2 is 2.00 bits per heavy atom. The van der Waals surface area contributed by atoms with Crippen LogP contribution in [-0.2, 0) is 4.74 Å². The normalized spacial score (nSPS) is 11.8. The highest BCUT2D eigenvalue weighted by molar-refractivity contribution is 5.90. The van der Waals surface area contributed by atoms with Crippen LogP contribution in [0, 0.1) is 11.8 Å². The van der Waals surface area contributed by atoms with E-state index in [0.717, 1.165) is 16.3 Å². The highest BCUT2D eigenvalue weighted by Crippen LogP contribution is 2.27. The van der Waals surface area contributed by atoms with Gasteiger partial charge in [-0.3, -0.25) is 0 Å². The summed E-state index contributed by atoms with van der Waals surface area (Å²) in [5.41, 5.74) is 0.806. The quantitative estimate of drug-likeness (QED) is 0.868. The van der Waals surface area contributed by atoms with Crippen molar-refractivity contribution in [2.45, 2.75) is 13.0 Å². The zero-order chi connectivity index (χ0) is 14.4. The van der Waals surface area contributed by atoms with Crippen LogP contribution in [-0.4, -0.2) is 31.5 Å². The SMILES string of the molecule is COC(C)COc1ccc2ccccc2c1C#CCO. The van der Waals surface area contributed by atoms with E-state index in [1.807, 2.05) is 43.3 Å². The molecule has 1 atom stereocenters. The maximum Gasteiger partial charge on any atom is 0.135 e. The van der Waals surface area contributed by atoms with Gasteiger partial charge in [-0.05, 0) is 18.4 Å². The van der Waals surface area contributed by atoms with Gasteiger partial charge in [0.25, 0.3) is 0 Å². The number of hydrogen-bond acceptors (Lipinski definition) is 3. The Bertz CT molecular complexity index is 637. The molecule has 0 heterocycles. The minimum absolute atomic E-state index is 0.0140. The van der Waals surface area contributed by atoms with E-state index in [1.165, 1.54) is 0 Å². The first-order chi connectivity index (χ1) is 9.76. The Morgan fingerprint density at radius 1 is 1.20 bits per heavy atom. The van der Waals surface area contributed by atoms with Crippen molar-refractivity contribution in [3.05, 3.63) is 42.0 Å². The standard InChI is InChI=1S/C17H18O3/c1-13(19-2)12-20-17-10-9-14-6-3-4-7-15(14)16(17)8-5-11-18/h3-4,6-7,9-10,13,18H,11-12H2,1-2H3. The van der Waals surface area contributed by atoms with Gasteiger partial charge in [0.2, 0.25) is 0 Å². The molecule has 1 N–H and O–H groups in total. The van der Waals surface area contributed by atoms with E-state index in [9.17, 15) is 0 Å². The molecule has 0 saturated carbocycles. The Labute approximate surface area is 119 Å². The highest BCUT2D eigenvalue weighted by atomic mass is 16.5. The van der Waals surface area contributed by atoms with Crippen molar-refractivity contribution in [3.8, 4) is 17.6 Å². The van der Waals surface area contributed by atoms with Crippen LogP contribution in [0.3, 0.4) is 0 Å². The van der Waals surface area contributed by atoms with Crippen LogP contribution in [0.2, 0.25) is 0 Å². The third-order valence-corrected chi connectivity index (χ3v) is 3.06. The monoisotopic (exact) mass is 270 g/mol. The molecule has 0 bridgehead atoms. The molecule has 0 spiro atoms. The van der Waals surface area contributed by atoms with Gasteiger partial charge in [0.05, 0.1) is 11.7 Å². The Balaban J connectivity index is 2.42. The average Bonchev–Trinajstić information content (AvgIpc) is 2.50. The molecule has 3 heteroatoms. The molecule has 0 aliphatic carbocycles. The summed E-state index contributed by atoms with van der Waals surface area (Å²) in [4.78, 5) is 0. The first kappa shape index (κ1) is 14.4. The van der Waals surface area contributed by atoms with Crippen molar-refractivity contribution >= 4 is 10.8 Å². The molecule has 0 saturated heterocycles. The lowest BCUT2D eigenvalue weighted by Gasteiger charge is -2.14. The predicted octanol–water partition coefficient (Wildman–Crippen LogP) is 2.60. The molecule has 2 aromatic carbocycles. The van der Waals surface area contributed by atoms with Gasteiger partial charge in [0.1, 0.15) is 19.0 Å². The minimum Gasteiger partial charge on any atom is -0.490 e. The Hall–Kier alpha value is -2.02. The van der Waals surface area contributed by atoms with Crippen LogP contribution in [0.15, 0.2) is 36.4 Å². The smallest absolute Gasteiger partial charge is 0.135 e. The average molecular weight is 270 g/mol. The van der Waals surface area contributed by atoms with Crippen LogP contribution in [0.4, 0.5) is 0 Å². The van der Waals surface area contributed by atoms with Gasteiger partial charge in [-0.2, -0.15) is 0 Å². The fourth-order valence-corrected chi connectivity index (χ4v) is 1.90. The number of benzene rings is 2. The summed E-state index contributed by atoms with van der Waals surface area (Å²) in [5.74, 6) is 6.39. The zero-order valence-electron chi connectivity index (χ0n) is 11.7. The van der Waals surface area contributed by atoms with Crippen LogP contribution in [0.1, 0.15) is 12.5 Å². The van der Waals surface area contributed by atoms with Crippen LogP contribution >= 0.6 is 0 Å². The van der Waals surface area contributed by atoms with Crippen molar-refractivity contribution in [3.63, 3.8) is 0 Å². The molecule has 0 amide bonds. The van der Waals surface area contributed by atoms with E-state index in [1.54, 1.807) is 7.11 Å². The lowest BCUT2D eigenvalue weighted by atomic mass is 10.0. The Morgan fingerprint density at radius 3 is 2.75 bits per heavy atom. The van der Waals surface area contributed by atoms with Crippen LogP contribution < -0.4 is 4.74 Å². The third kappa shape index (κ3) is 3.30. The van der Waals surface area contributed by atoms with Crippen LogP contribution in [0.25, 0.3) is 10.8 Å². The number of rotatable bonds is 4. The van der Waals surface area contributed by atoms with E-state index < -0.39 is 0 Å². The number of hydrogen-bond donors (Lipinski definition) is 1. The minimum atomic E-state index is -0.170. The summed E-state index contributed by atoms with van der Waals surface area (Å²) in [6.07, 6.45) is 0.0140. The fourth-order valence-electron chi connectivity index (χ4n) is 1.90. The molecule has 104 valence electrons. The molecule has 2 rings (SSSR count). The Kier molecular flexibility index (Phi) is 5.00. The van der Waals surface area contributed by atoms with Gasteiger partial charge in [-0.25, -0.2) is 0 Å². The van der Waals surface area contributed by atoms with Crippen molar-refractivity contribution < 1.29 is 14.6 Å². The van der Waals surface area contributed by atoms with Crippen molar-refractivity contribution in [1.29, 1.82) is 0 Å². The lowest BCUT2D eigenvalue weighted by Crippen LogP contribution is -2.16. The molecular weight excluding hydrogens is 252 g/mol. The molecule has 0 aromatic heterocycles.